The van der Waals surface area contributed by atoms with Crippen LogP contribution in [0.15, 0.2) is 18.2 Å². The van der Waals surface area contributed by atoms with Crippen molar-refractivity contribution in [3.05, 3.63) is 33.3 Å². The third kappa shape index (κ3) is 2.57. The number of nitrogens with zero attached hydrogens (tertiary/aromatic N) is 2. The van der Waals surface area contributed by atoms with Crippen LogP contribution in [0.3, 0.4) is 0 Å². The third-order valence-electron chi connectivity index (χ3n) is 3.39. The highest BCUT2D eigenvalue weighted by atomic mass is 35.5. The van der Waals surface area contributed by atoms with Gasteiger partial charge in [0.1, 0.15) is 5.69 Å². The second-order valence-corrected chi connectivity index (χ2v) is 5.11. The van der Waals surface area contributed by atoms with Gasteiger partial charge in [-0.3, -0.25) is 10.1 Å². The van der Waals surface area contributed by atoms with Gasteiger partial charge in [0.2, 0.25) is 0 Å². The number of benzene rings is 1. The first-order valence-corrected chi connectivity index (χ1v) is 6.24. The molecule has 1 saturated heterocycles. The number of hydrogen-bond acceptors (Lipinski definition) is 4. The highest BCUT2D eigenvalue weighted by Gasteiger charge is 2.28. The Bertz CT molecular complexity index is 467. The SMILES string of the molecule is CC1CCN(c2ccc(Cl)cc2[N+](=O)[O-])CC1O. The highest BCUT2D eigenvalue weighted by molar-refractivity contribution is 6.30. The summed E-state index contributed by atoms with van der Waals surface area (Å²) in [5, 5.41) is 21.2. The van der Waals surface area contributed by atoms with Gasteiger partial charge in [-0.1, -0.05) is 18.5 Å². The van der Waals surface area contributed by atoms with Crippen molar-refractivity contribution in [2.45, 2.75) is 19.4 Å². The lowest BCUT2D eigenvalue weighted by Crippen LogP contribution is -2.43. The number of nitro groups is 1. The Balaban J connectivity index is 2.30. The van der Waals surface area contributed by atoms with Crippen molar-refractivity contribution in [1.82, 2.24) is 0 Å². The molecule has 0 bridgehead atoms. The summed E-state index contributed by atoms with van der Waals surface area (Å²) in [7, 11) is 0. The lowest BCUT2D eigenvalue weighted by Gasteiger charge is -2.35. The number of aliphatic hydroxyl groups excluding tert-OH is 1. The van der Waals surface area contributed by atoms with Crippen molar-refractivity contribution < 1.29 is 10.0 Å². The first-order chi connectivity index (χ1) is 8.49. The van der Waals surface area contributed by atoms with Crippen molar-refractivity contribution in [2.75, 3.05) is 18.0 Å². The van der Waals surface area contributed by atoms with Gasteiger partial charge in [0.25, 0.3) is 5.69 Å². The molecule has 5 nitrogen and oxygen atoms in total. The van der Waals surface area contributed by atoms with Crippen LogP contribution >= 0.6 is 11.6 Å². The summed E-state index contributed by atoms with van der Waals surface area (Å²) in [5.74, 6) is 0.229. The van der Waals surface area contributed by atoms with Crippen molar-refractivity contribution in [1.29, 1.82) is 0 Å². The van der Waals surface area contributed by atoms with Gasteiger partial charge >= 0.3 is 0 Å². The van der Waals surface area contributed by atoms with E-state index in [1.807, 2.05) is 11.8 Å². The van der Waals surface area contributed by atoms with E-state index >= 15 is 0 Å². The van der Waals surface area contributed by atoms with E-state index in [0.717, 1.165) is 6.42 Å². The molecule has 0 amide bonds. The summed E-state index contributed by atoms with van der Waals surface area (Å²) in [4.78, 5) is 12.4. The molecule has 1 aromatic carbocycles. The average molecular weight is 271 g/mol. The molecule has 2 atom stereocenters. The van der Waals surface area contributed by atoms with Crippen LogP contribution in [0.4, 0.5) is 11.4 Å². The minimum absolute atomic E-state index is 0.00995. The summed E-state index contributed by atoms with van der Waals surface area (Å²) < 4.78 is 0. The van der Waals surface area contributed by atoms with Crippen LogP contribution in [0.5, 0.6) is 0 Å². The largest absolute Gasteiger partial charge is 0.391 e. The van der Waals surface area contributed by atoms with Crippen LogP contribution in [0.2, 0.25) is 5.02 Å². The second kappa shape index (κ2) is 5.12. The van der Waals surface area contributed by atoms with Crippen molar-refractivity contribution in [2.24, 2.45) is 5.92 Å². The number of halogens is 1. The Labute approximate surface area is 110 Å². The first-order valence-electron chi connectivity index (χ1n) is 5.86. The van der Waals surface area contributed by atoms with Crippen molar-refractivity contribution >= 4 is 23.0 Å². The molecule has 1 aromatic rings. The topological polar surface area (TPSA) is 66.6 Å². The zero-order valence-electron chi connectivity index (χ0n) is 10.0. The number of piperidine rings is 1. The second-order valence-electron chi connectivity index (χ2n) is 4.67. The smallest absolute Gasteiger partial charge is 0.294 e. The third-order valence-corrected chi connectivity index (χ3v) is 3.63. The summed E-state index contributed by atoms with van der Waals surface area (Å²) >= 11 is 5.78. The quantitative estimate of drug-likeness (QED) is 0.662. The molecule has 2 rings (SSSR count). The summed E-state index contributed by atoms with van der Waals surface area (Å²) in [6, 6.07) is 4.62. The first kappa shape index (κ1) is 13.1. The van der Waals surface area contributed by atoms with E-state index in [9.17, 15) is 15.2 Å². The van der Waals surface area contributed by atoms with Crippen LogP contribution in [-0.2, 0) is 0 Å². The van der Waals surface area contributed by atoms with E-state index in [-0.39, 0.29) is 11.6 Å². The van der Waals surface area contributed by atoms with Gasteiger partial charge in [-0.2, -0.15) is 0 Å². The molecule has 1 fully saturated rings. The summed E-state index contributed by atoms with van der Waals surface area (Å²) in [5.41, 5.74) is 0.514. The summed E-state index contributed by atoms with van der Waals surface area (Å²) in [6.07, 6.45) is 0.370. The minimum Gasteiger partial charge on any atom is -0.391 e. The molecule has 0 radical (unpaired) electrons. The van der Waals surface area contributed by atoms with E-state index < -0.39 is 11.0 Å². The molecule has 98 valence electrons. The fourth-order valence-electron chi connectivity index (χ4n) is 2.18. The number of rotatable bonds is 2. The Morgan fingerprint density at radius 3 is 2.89 bits per heavy atom. The van der Waals surface area contributed by atoms with Crippen molar-refractivity contribution in [3.63, 3.8) is 0 Å². The average Bonchev–Trinajstić information content (AvgIpc) is 2.32. The Morgan fingerprint density at radius 2 is 2.28 bits per heavy atom. The van der Waals surface area contributed by atoms with E-state index in [1.165, 1.54) is 6.07 Å². The fraction of sp³-hybridized carbons (Fsp3) is 0.500. The van der Waals surface area contributed by atoms with Gasteiger partial charge in [0.05, 0.1) is 11.0 Å². The Morgan fingerprint density at radius 1 is 1.56 bits per heavy atom. The molecule has 6 heteroatoms. The highest BCUT2D eigenvalue weighted by Crippen LogP contribution is 2.33. The van der Waals surface area contributed by atoms with Crippen LogP contribution in [0, 0.1) is 16.0 Å². The maximum absolute atomic E-state index is 11.0. The van der Waals surface area contributed by atoms with Gasteiger partial charge in [-0.25, -0.2) is 0 Å². The van der Waals surface area contributed by atoms with E-state index in [4.69, 9.17) is 11.6 Å². The van der Waals surface area contributed by atoms with E-state index in [1.54, 1.807) is 12.1 Å². The monoisotopic (exact) mass is 270 g/mol. The molecule has 0 spiro atoms. The molecular weight excluding hydrogens is 256 g/mol. The lowest BCUT2D eigenvalue weighted by atomic mass is 9.95. The number of β-amino-alcohol motifs (C(OH)–C–C–N with tert-alkyl or cyclic N) is 1. The molecule has 0 saturated carbocycles. The molecule has 1 heterocycles. The predicted octanol–water partition coefficient (Wildman–Crippen LogP) is 2.46. The maximum atomic E-state index is 11.0. The standard InChI is InChI=1S/C12H15ClN2O3/c1-8-4-5-14(7-12(8)16)10-3-2-9(13)6-11(10)15(17)18/h2-3,6,8,12,16H,4-5,7H2,1H3. The van der Waals surface area contributed by atoms with Crippen molar-refractivity contribution in [3.8, 4) is 0 Å². The van der Waals surface area contributed by atoms with E-state index in [0.29, 0.717) is 23.8 Å². The van der Waals surface area contributed by atoms with Crippen LogP contribution < -0.4 is 4.90 Å². The van der Waals surface area contributed by atoms with Gasteiger partial charge in [0, 0.05) is 24.2 Å². The van der Waals surface area contributed by atoms with Crippen LogP contribution in [0.1, 0.15) is 13.3 Å². The van der Waals surface area contributed by atoms with Crippen LogP contribution in [0.25, 0.3) is 0 Å². The fourth-order valence-corrected chi connectivity index (χ4v) is 2.34. The number of aliphatic hydroxyl groups is 1. The molecule has 1 aliphatic heterocycles. The normalized spacial score (nSPS) is 24.1. The lowest BCUT2D eigenvalue weighted by molar-refractivity contribution is -0.384. The van der Waals surface area contributed by atoms with Crippen LogP contribution in [-0.4, -0.2) is 29.2 Å². The Hall–Kier alpha value is -1.33. The molecule has 0 aromatic heterocycles. The number of anilines is 1. The zero-order chi connectivity index (χ0) is 13.3. The zero-order valence-corrected chi connectivity index (χ0v) is 10.8. The molecule has 0 aliphatic carbocycles. The van der Waals surface area contributed by atoms with Gasteiger partial charge in [0.15, 0.2) is 0 Å². The minimum atomic E-state index is -0.450. The van der Waals surface area contributed by atoms with Gasteiger partial charge in [-0.05, 0) is 24.5 Å². The molecule has 1 aliphatic rings. The number of nitro benzene ring substituents is 1. The molecule has 1 N–H and O–H groups in total. The number of hydrogen-bond donors (Lipinski definition) is 1. The maximum Gasteiger partial charge on any atom is 0.294 e. The predicted molar refractivity (Wildman–Crippen MR) is 70.1 cm³/mol. The molecule has 18 heavy (non-hydrogen) atoms. The molecule has 2 unspecified atom stereocenters. The van der Waals surface area contributed by atoms with E-state index in [2.05, 4.69) is 0 Å². The Kier molecular flexibility index (Phi) is 3.73. The molecular formula is C12H15ClN2O3. The summed E-state index contributed by atoms with van der Waals surface area (Å²) in [6.45, 7) is 3.11. The van der Waals surface area contributed by atoms with Gasteiger partial charge in [-0.15, -0.1) is 0 Å². The van der Waals surface area contributed by atoms with Gasteiger partial charge < -0.3 is 10.0 Å².